The van der Waals surface area contributed by atoms with E-state index >= 15 is 0 Å². The molecule has 3 aromatic rings. The minimum absolute atomic E-state index is 0.243. The first-order valence-electron chi connectivity index (χ1n) is 7.00. The van der Waals surface area contributed by atoms with Crippen molar-refractivity contribution in [2.45, 2.75) is 13.1 Å². The molecule has 3 rings (SSSR count). The summed E-state index contributed by atoms with van der Waals surface area (Å²) in [6.45, 7) is 0.817. The van der Waals surface area contributed by atoms with Gasteiger partial charge >= 0.3 is 5.69 Å². The predicted molar refractivity (Wildman–Crippen MR) is 92.2 cm³/mol. The number of hydrogen-bond acceptors (Lipinski definition) is 3. The van der Waals surface area contributed by atoms with Crippen LogP contribution in [0.15, 0.2) is 53.3 Å². The fourth-order valence-corrected chi connectivity index (χ4v) is 2.36. The first kappa shape index (κ1) is 15.6. The van der Waals surface area contributed by atoms with E-state index in [1.54, 1.807) is 24.3 Å². The van der Waals surface area contributed by atoms with Crippen molar-refractivity contribution in [3.05, 3.63) is 80.4 Å². The predicted octanol–water partition coefficient (Wildman–Crippen LogP) is 3.54. The van der Waals surface area contributed by atoms with Crippen LogP contribution in [-0.2, 0) is 13.1 Å². The van der Waals surface area contributed by atoms with Gasteiger partial charge in [-0.25, -0.2) is 9.48 Å². The molecule has 0 spiro atoms. The molecule has 1 heterocycles. The van der Waals surface area contributed by atoms with Crippen LogP contribution in [0.3, 0.4) is 0 Å². The summed E-state index contributed by atoms with van der Waals surface area (Å²) in [5, 5.41) is 8.81. The maximum atomic E-state index is 11.9. The molecule has 5 nitrogen and oxygen atoms in total. The van der Waals surface area contributed by atoms with Crippen molar-refractivity contribution in [3.8, 4) is 0 Å². The molecule has 7 heteroatoms. The largest absolute Gasteiger partial charge is 0.378 e. The van der Waals surface area contributed by atoms with E-state index in [1.165, 1.54) is 4.68 Å². The Bertz CT molecular complexity index is 838. The molecular formula is C16H14Cl2N4O. The Morgan fingerprint density at radius 2 is 1.61 bits per heavy atom. The molecule has 0 aliphatic heterocycles. The number of H-pyrrole nitrogens is 1. The van der Waals surface area contributed by atoms with E-state index in [0.29, 0.717) is 29.0 Å². The number of aromatic amines is 1. The molecule has 118 valence electrons. The first-order valence-corrected chi connectivity index (χ1v) is 7.75. The Morgan fingerprint density at radius 3 is 2.26 bits per heavy atom. The molecular weight excluding hydrogens is 335 g/mol. The van der Waals surface area contributed by atoms with Gasteiger partial charge in [0.25, 0.3) is 0 Å². The normalized spacial score (nSPS) is 10.7. The minimum atomic E-state index is -0.243. The molecule has 2 N–H and O–H groups in total. The summed E-state index contributed by atoms with van der Waals surface area (Å²) in [5.74, 6) is 0.568. The average molecular weight is 349 g/mol. The second-order valence-electron chi connectivity index (χ2n) is 5.02. The number of nitrogens with one attached hydrogen (secondary N) is 2. The van der Waals surface area contributed by atoms with E-state index < -0.39 is 0 Å². The molecule has 0 aliphatic carbocycles. The second-order valence-corrected chi connectivity index (χ2v) is 5.89. The minimum Gasteiger partial charge on any atom is -0.378 e. The van der Waals surface area contributed by atoms with Crippen molar-refractivity contribution < 1.29 is 0 Å². The lowest BCUT2D eigenvalue weighted by Crippen LogP contribution is -2.18. The third-order valence-corrected chi connectivity index (χ3v) is 3.78. The van der Waals surface area contributed by atoms with Crippen LogP contribution < -0.4 is 11.0 Å². The van der Waals surface area contributed by atoms with Crippen molar-refractivity contribution in [2.24, 2.45) is 0 Å². The highest BCUT2D eigenvalue weighted by Crippen LogP contribution is 2.14. The van der Waals surface area contributed by atoms with Crippen LogP contribution >= 0.6 is 23.2 Å². The molecule has 0 fully saturated rings. The summed E-state index contributed by atoms with van der Waals surface area (Å²) >= 11 is 11.7. The van der Waals surface area contributed by atoms with Gasteiger partial charge in [-0.15, -0.1) is 0 Å². The summed E-state index contributed by atoms with van der Waals surface area (Å²) in [5.41, 5.74) is 1.62. The summed E-state index contributed by atoms with van der Waals surface area (Å²) in [4.78, 5) is 14.7. The summed E-state index contributed by atoms with van der Waals surface area (Å²) in [6, 6.07) is 14.6. The Kier molecular flexibility index (Phi) is 4.69. The summed E-state index contributed by atoms with van der Waals surface area (Å²) < 4.78 is 1.39. The number of benzene rings is 2. The zero-order chi connectivity index (χ0) is 16.2. The highest BCUT2D eigenvalue weighted by Gasteiger charge is 2.06. The van der Waals surface area contributed by atoms with E-state index in [4.69, 9.17) is 23.2 Å². The lowest BCUT2D eigenvalue weighted by Gasteiger charge is -2.03. The van der Waals surface area contributed by atoms with Gasteiger partial charge in [0.15, 0.2) is 0 Å². The maximum absolute atomic E-state index is 11.9. The Morgan fingerprint density at radius 1 is 1.00 bits per heavy atom. The van der Waals surface area contributed by atoms with Crippen molar-refractivity contribution in [2.75, 3.05) is 5.32 Å². The lowest BCUT2D eigenvalue weighted by molar-refractivity contribution is 0.651. The SMILES string of the molecule is O=c1[nH]c(CNc2ccc(Cl)cc2)nn1Cc1ccc(Cl)cc1. The standard InChI is InChI=1S/C16H14Cl2N4O/c17-12-3-1-11(2-4-12)10-22-16(23)20-15(21-22)9-19-14-7-5-13(18)6-8-14/h1-8,19H,9-10H2,(H,20,21,23). The molecule has 0 bridgehead atoms. The zero-order valence-electron chi connectivity index (χ0n) is 12.1. The highest BCUT2D eigenvalue weighted by atomic mass is 35.5. The molecule has 1 aromatic heterocycles. The Labute approximate surface area is 142 Å². The van der Waals surface area contributed by atoms with Crippen molar-refractivity contribution >= 4 is 28.9 Å². The Hall–Kier alpha value is -2.24. The number of hydrogen-bond donors (Lipinski definition) is 2. The van der Waals surface area contributed by atoms with Crippen LogP contribution in [0.4, 0.5) is 5.69 Å². The number of halogens is 2. The quantitative estimate of drug-likeness (QED) is 0.741. The third kappa shape index (κ3) is 4.15. The summed E-state index contributed by atoms with van der Waals surface area (Å²) in [6.07, 6.45) is 0. The number of aromatic nitrogens is 3. The topological polar surface area (TPSA) is 62.7 Å². The summed E-state index contributed by atoms with van der Waals surface area (Å²) in [7, 11) is 0. The van der Waals surface area contributed by atoms with Gasteiger partial charge in [-0.3, -0.25) is 4.98 Å². The fraction of sp³-hybridized carbons (Fsp3) is 0.125. The van der Waals surface area contributed by atoms with Crippen LogP contribution in [0.5, 0.6) is 0 Å². The molecule has 0 atom stereocenters. The second kappa shape index (κ2) is 6.89. The monoisotopic (exact) mass is 348 g/mol. The molecule has 23 heavy (non-hydrogen) atoms. The first-order chi connectivity index (χ1) is 11.1. The van der Waals surface area contributed by atoms with E-state index in [9.17, 15) is 4.79 Å². The van der Waals surface area contributed by atoms with E-state index in [1.807, 2.05) is 24.3 Å². The number of rotatable bonds is 5. The van der Waals surface area contributed by atoms with E-state index in [-0.39, 0.29) is 5.69 Å². The van der Waals surface area contributed by atoms with Crippen LogP contribution in [0.2, 0.25) is 10.0 Å². The third-order valence-electron chi connectivity index (χ3n) is 3.28. The molecule has 0 radical (unpaired) electrons. The van der Waals surface area contributed by atoms with E-state index in [0.717, 1.165) is 11.3 Å². The average Bonchev–Trinajstić information content (AvgIpc) is 2.89. The van der Waals surface area contributed by atoms with Gasteiger partial charge in [-0.1, -0.05) is 35.3 Å². The van der Waals surface area contributed by atoms with Crippen molar-refractivity contribution in [3.63, 3.8) is 0 Å². The van der Waals surface area contributed by atoms with Gasteiger partial charge in [0.1, 0.15) is 5.82 Å². The molecule has 0 aliphatic rings. The van der Waals surface area contributed by atoms with Crippen molar-refractivity contribution in [1.29, 1.82) is 0 Å². The van der Waals surface area contributed by atoms with Gasteiger partial charge in [-0.2, -0.15) is 5.10 Å². The van der Waals surface area contributed by atoms with E-state index in [2.05, 4.69) is 15.4 Å². The van der Waals surface area contributed by atoms with Gasteiger partial charge in [0, 0.05) is 15.7 Å². The van der Waals surface area contributed by atoms with Gasteiger partial charge in [0.2, 0.25) is 0 Å². The van der Waals surface area contributed by atoms with Gasteiger partial charge in [0.05, 0.1) is 13.1 Å². The van der Waals surface area contributed by atoms with Crippen LogP contribution in [-0.4, -0.2) is 14.8 Å². The Balaban J connectivity index is 1.67. The van der Waals surface area contributed by atoms with Crippen molar-refractivity contribution in [1.82, 2.24) is 14.8 Å². The molecule has 0 unspecified atom stereocenters. The molecule has 0 saturated carbocycles. The van der Waals surface area contributed by atoms with Gasteiger partial charge < -0.3 is 5.32 Å². The fourth-order valence-electron chi connectivity index (χ4n) is 2.11. The molecule has 0 saturated heterocycles. The zero-order valence-corrected chi connectivity index (χ0v) is 13.6. The number of anilines is 1. The van der Waals surface area contributed by atoms with Crippen LogP contribution in [0.1, 0.15) is 11.4 Å². The number of nitrogens with zero attached hydrogens (tertiary/aromatic N) is 2. The molecule has 2 aromatic carbocycles. The van der Waals surface area contributed by atoms with Crippen LogP contribution in [0.25, 0.3) is 0 Å². The smallest absolute Gasteiger partial charge is 0.343 e. The highest BCUT2D eigenvalue weighted by molar-refractivity contribution is 6.30. The van der Waals surface area contributed by atoms with Gasteiger partial charge in [-0.05, 0) is 42.0 Å². The molecule has 0 amide bonds. The van der Waals surface area contributed by atoms with Crippen LogP contribution in [0, 0.1) is 0 Å². The maximum Gasteiger partial charge on any atom is 0.343 e. The lowest BCUT2D eigenvalue weighted by atomic mass is 10.2.